The Morgan fingerprint density at radius 2 is 1.96 bits per heavy atom. The number of halogens is 2. The lowest BCUT2D eigenvalue weighted by Crippen LogP contribution is -2.65. The summed E-state index contributed by atoms with van der Waals surface area (Å²) in [5.41, 5.74) is -4.02. The minimum Gasteiger partial charge on any atom is -0.598 e. The first-order valence-corrected chi connectivity index (χ1v) is 9.46. The number of alkyl halides is 2. The van der Waals surface area contributed by atoms with Crippen LogP contribution in [0.15, 0.2) is 18.2 Å². The third-order valence-corrected chi connectivity index (χ3v) is 6.00. The van der Waals surface area contributed by atoms with Gasteiger partial charge < -0.3 is 14.4 Å². The molecule has 27 heavy (non-hydrogen) atoms. The van der Waals surface area contributed by atoms with Gasteiger partial charge in [0.1, 0.15) is 22.7 Å². The lowest BCUT2D eigenvalue weighted by Gasteiger charge is -2.49. The summed E-state index contributed by atoms with van der Waals surface area (Å²) in [6.07, 6.45) is -0.358. The molecule has 0 amide bonds. The van der Waals surface area contributed by atoms with Gasteiger partial charge in [-0.3, -0.25) is 10.1 Å². The third kappa shape index (κ3) is 4.03. The second-order valence-electron chi connectivity index (χ2n) is 8.23. The van der Waals surface area contributed by atoms with Crippen LogP contribution < -0.4 is 9.46 Å². The number of nitrogens with one attached hydrogen (secondary N) is 1. The van der Waals surface area contributed by atoms with Crippen LogP contribution in [0, 0.1) is 10.1 Å². The van der Waals surface area contributed by atoms with Gasteiger partial charge in [0.15, 0.2) is 5.54 Å². The number of fused-ring (bicyclic) bond motifs is 1. The average Bonchev–Trinajstić information content (AvgIpc) is 2.52. The van der Waals surface area contributed by atoms with E-state index in [1.165, 1.54) is 6.07 Å². The van der Waals surface area contributed by atoms with E-state index in [0.29, 0.717) is 0 Å². The van der Waals surface area contributed by atoms with Gasteiger partial charge in [-0.2, -0.15) is 0 Å². The largest absolute Gasteiger partial charge is 0.598 e. The Morgan fingerprint density at radius 3 is 2.44 bits per heavy atom. The Morgan fingerprint density at radius 1 is 1.37 bits per heavy atom. The highest BCUT2D eigenvalue weighted by atomic mass is 32.2. The SMILES string of the molecule is CC1(C)C[C@](N[S+]([O-])C(C)(C)C)(C(F)(F)CO)c2cc([N+](=O)[O-])ccc2O1. The van der Waals surface area contributed by atoms with Crippen LogP contribution in [0.4, 0.5) is 14.5 Å². The van der Waals surface area contributed by atoms with E-state index in [4.69, 9.17) is 4.74 Å². The van der Waals surface area contributed by atoms with Gasteiger partial charge in [-0.25, -0.2) is 8.78 Å². The molecule has 152 valence electrons. The van der Waals surface area contributed by atoms with Gasteiger partial charge in [-0.15, -0.1) is 4.72 Å². The van der Waals surface area contributed by atoms with Crippen molar-refractivity contribution in [3.05, 3.63) is 33.9 Å². The normalized spacial score (nSPS) is 23.3. The molecule has 0 aromatic heterocycles. The zero-order chi connectivity index (χ0) is 20.8. The number of aliphatic hydroxyl groups excluding tert-OH is 1. The number of hydrogen-bond acceptors (Lipinski definition) is 6. The number of hydrogen-bond donors (Lipinski definition) is 2. The third-order valence-electron chi connectivity index (χ3n) is 4.36. The molecule has 0 saturated carbocycles. The zero-order valence-electron chi connectivity index (χ0n) is 15.8. The van der Waals surface area contributed by atoms with Crippen molar-refractivity contribution in [2.75, 3.05) is 6.61 Å². The molecular weight excluding hydrogens is 382 g/mol. The van der Waals surface area contributed by atoms with Gasteiger partial charge in [0.25, 0.3) is 11.6 Å². The Bertz CT molecular complexity index is 739. The van der Waals surface area contributed by atoms with Crippen molar-refractivity contribution in [3.63, 3.8) is 0 Å². The van der Waals surface area contributed by atoms with Crippen LogP contribution in [-0.2, 0) is 16.9 Å². The molecule has 2 N–H and O–H groups in total. The van der Waals surface area contributed by atoms with E-state index >= 15 is 8.78 Å². The molecule has 7 nitrogen and oxygen atoms in total. The number of ether oxygens (including phenoxy) is 1. The number of nitro groups is 1. The van der Waals surface area contributed by atoms with Gasteiger partial charge in [-0.1, -0.05) is 0 Å². The van der Waals surface area contributed by atoms with Crippen molar-refractivity contribution in [2.24, 2.45) is 0 Å². The average molecular weight is 406 g/mol. The molecule has 2 rings (SSSR count). The maximum absolute atomic E-state index is 15.1. The number of nitro benzene ring substituents is 1. The van der Waals surface area contributed by atoms with Gasteiger partial charge in [0.2, 0.25) is 0 Å². The molecule has 1 aliphatic rings. The van der Waals surface area contributed by atoms with Crippen LogP contribution >= 0.6 is 0 Å². The van der Waals surface area contributed by atoms with Crippen LogP contribution in [0.5, 0.6) is 5.75 Å². The maximum atomic E-state index is 15.1. The van der Waals surface area contributed by atoms with Crippen LogP contribution in [0.25, 0.3) is 0 Å². The van der Waals surface area contributed by atoms with Gasteiger partial charge >= 0.3 is 0 Å². The Kier molecular flexibility index (Phi) is 5.52. The number of rotatable bonds is 5. The van der Waals surface area contributed by atoms with Crippen LogP contribution in [0.1, 0.15) is 46.6 Å². The summed E-state index contributed by atoms with van der Waals surface area (Å²) in [4.78, 5) is 10.5. The zero-order valence-corrected chi connectivity index (χ0v) is 16.7. The van der Waals surface area contributed by atoms with Crippen molar-refractivity contribution < 1.29 is 28.1 Å². The fraction of sp³-hybridized carbons (Fsp3) is 0.647. The summed E-state index contributed by atoms with van der Waals surface area (Å²) in [7, 11) is 0. The van der Waals surface area contributed by atoms with Crippen molar-refractivity contribution in [3.8, 4) is 5.75 Å². The predicted octanol–water partition coefficient (Wildman–Crippen LogP) is 3.03. The first-order valence-electron chi connectivity index (χ1n) is 8.31. The fourth-order valence-electron chi connectivity index (χ4n) is 3.06. The molecule has 0 saturated heterocycles. The number of benzene rings is 1. The topological polar surface area (TPSA) is 108 Å². The van der Waals surface area contributed by atoms with E-state index in [-0.39, 0.29) is 17.7 Å². The van der Waals surface area contributed by atoms with Crippen molar-refractivity contribution in [2.45, 2.75) is 62.8 Å². The Hall–Kier alpha value is -1.49. The smallest absolute Gasteiger partial charge is 0.297 e. The van der Waals surface area contributed by atoms with Gasteiger partial charge in [0, 0.05) is 35.5 Å². The quantitative estimate of drug-likeness (QED) is 0.442. The molecule has 0 aliphatic carbocycles. The lowest BCUT2D eigenvalue weighted by molar-refractivity contribution is -0.385. The summed E-state index contributed by atoms with van der Waals surface area (Å²) < 4.78 is 50.4. The first-order chi connectivity index (χ1) is 12.2. The van der Waals surface area contributed by atoms with E-state index in [1.54, 1.807) is 34.6 Å². The summed E-state index contributed by atoms with van der Waals surface area (Å²) >= 11 is -1.95. The van der Waals surface area contributed by atoms with E-state index in [0.717, 1.165) is 12.1 Å². The molecule has 1 heterocycles. The van der Waals surface area contributed by atoms with Gasteiger partial charge in [0.05, 0.1) is 4.92 Å². The van der Waals surface area contributed by atoms with Crippen molar-refractivity contribution in [1.29, 1.82) is 0 Å². The van der Waals surface area contributed by atoms with Crippen molar-refractivity contribution in [1.82, 2.24) is 4.72 Å². The number of non-ortho nitro benzene ring substituents is 1. The Labute approximate surface area is 159 Å². The minimum atomic E-state index is -3.76. The highest BCUT2D eigenvalue weighted by Gasteiger charge is 2.63. The molecule has 10 heteroatoms. The van der Waals surface area contributed by atoms with Crippen LogP contribution in [0.2, 0.25) is 0 Å². The molecule has 0 bridgehead atoms. The summed E-state index contributed by atoms with van der Waals surface area (Å²) in [5.74, 6) is -3.75. The van der Waals surface area contributed by atoms with E-state index in [9.17, 15) is 19.8 Å². The van der Waals surface area contributed by atoms with Crippen molar-refractivity contribution >= 4 is 17.0 Å². The Balaban J connectivity index is 2.78. The maximum Gasteiger partial charge on any atom is 0.297 e. The second kappa shape index (κ2) is 6.84. The highest BCUT2D eigenvalue weighted by Crippen LogP contribution is 2.52. The summed E-state index contributed by atoms with van der Waals surface area (Å²) in [6, 6.07) is 3.39. The first kappa shape index (κ1) is 21.8. The number of aliphatic hydroxyl groups is 1. The molecule has 0 fully saturated rings. The molecule has 1 aromatic rings. The highest BCUT2D eigenvalue weighted by molar-refractivity contribution is 7.90. The summed E-state index contributed by atoms with van der Waals surface area (Å²) in [5, 5.41) is 20.6. The summed E-state index contributed by atoms with van der Waals surface area (Å²) in [6.45, 7) is 6.47. The molecule has 1 aliphatic heterocycles. The monoisotopic (exact) mass is 406 g/mol. The minimum absolute atomic E-state index is 0.0170. The predicted molar refractivity (Wildman–Crippen MR) is 97.2 cm³/mol. The van der Waals surface area contributed by atoms with Crippen LogP contribution in [0.3, 0.4) is 0 Å². The molecule has 0 spiro atoms. The van der Waals surface area contributed by atoms with E-state index in [1.807, 2.05) is 0 Å². The molecule has 1 unspecified atom stereocenters. The van der Waals surface area contributed by atoms with Crippen LogP contribution in [-0.4, -0.2) is 37.5 Å². The molecule has 0 radical (unpaired) electrons. The molecule has 1 aromatic carbocycles. The number of nitrogens with zero attached hydrogens (tertiary/aromatic N) is 1. The second-order valence-corrected chi connectivity index (χ2v) is 10.2. The lowest BCUT2D eigenvalue weighted by atomic mass is 9.74. The molecular formula is C17H24F2N2O5S. The fourth-order valence-corrected chi connectivity index (χ4v) is 4.01. The molecule has 2 atom stereocenters. The van der Waals surface area contributed by atoms with Gasteiger partial charge in [-0.05, 0) is 40.7 Å². The van der Waals surface area contributed by atoms with E-state index < -0.39 is 50.4 Å². The van der Waals surface area contributed by atoms with E-state index in [2.05, 4.69) is 4.72 Å². The standard InChI is InChI=1S/C17H24F2N2O5S/c1-14(2,3)27(25)20-16(17(18,19)10-22)9-15(4,5)26-13-7-6-11(21(23)24)8-12(13)16/h6-8,20,22H,9-10H2,1-5H3/t16-,27?/m1/s1.